The fraction of sp³-hybridized carbons (Fsp3) is 0.312. The zero-order valence-corrected chi connectivity index (χ0v) is 12.2. The molecule has 0 unspecified atom stereocenters. The predicted molar refractivity (Wildman–Crippen MR) is 81.1 cm³/mol. The van der Waals surface area contributed by atoms with Crippen molar-refractivity contribution in [3.63, 3.8) is 0 Å². The second kappa shape index (κ2) is 7.31. The molecule has 1 aromatic heterocycles. The van der Waals surface area contributed by atoms with E-state index in [1.807, 2.05) is 31.2 Å². The lowest BCUT2D eigenvalue weighted by atomic mass is 10.0. The molecule has 1 aromatic carbocycles. The molecule has 0 spiro atoms. The van der Waals surface area contributed by atoms with Crippen LogP contribution in [0.2, 0.25) is 0 Å². The maximum atomic E-state index is 12.2. The summed E-state index contributed by atoms with van der Waals surface area (Å²) in [5.41, 5.74) is 2.30. The van der Waals surface area contributed by atoms with E-state index in [4.69, 9.17) is 9.52 Å². The second-order valence-corrected chi connectivity index (χ2v) is 5.91. The number of aryl methyl sites for hydroxylation is 1. The van der Waals surface area contributed by atoms with Gasteiger partial charge in [0, 0.05) is 17.4 Å². The summed E-state index contributed by atoms with van der Waals surface area (Å²) in [5, 5.41) is 9.04. The van der Waals surface area contributed by atoms with Crippen LogP contribution in [0.15, 0.2) is 47.1 Å². The van der Waals surface area contributed by atoms with Gasteiger partial charge in [-0.3, -0.25) is 4.79 Å². The first-order valence-electron chi connectivity index (χ1n) is 6.56. The Morgan fingerprint density at radius 3 is 2.65 bits per heavy atom. The number of furan rings is 1. The SMILES string of the molecule is Cc1ccc([C@@H](CC(=O)c2ccco2)SCCO)cc1. The number of aliphatic hydroxyl groups is 1. The van der Waals surface area contributed by atoms with Crippen LogP contribution in [0.1, 0.15) is 33.4 Å². The Bertz CT molecular complexity index is 531. The van der Waals surface area contributed by atoms with Gasteiger partial charge in [-0.25, -0.2) is 0 Å². The smallest absolute Gasteiger partial charge is 0.199 e. The first-order chi connectivity index (χ1) is 9.70. The molecule has 1 N–H and O–H groups in total. The summed E-state index contributed by atoms with van der Waals surface area (Å²) >= 11 is 1.59. The normalized spacial score (nSPS) is 12.3. The van der Waals surface area contributed by atoms with Gasteiger partial charge in [0.1, 0.15) is 0 Å². The quantitative estimate of drug-likeness (QED) is 0.791. The van der Waals surface area contributed by atoms with E-state index in [0.29, 0.717) is 17.9 Å². The summed E-state index contributed by atoms with van der Waals surface area (Å²) in [4.78, 5) is 12.2. The minimum atomic E-state index is -0.00832. The maximum absolute atomic E-state index is 12.2. The fourth-order valence-corrected chi connectivity index (χ4v) is 2.96. The number of carbonyl (C=O) groups excluding carboxylic acids is 1. The highest BCUT2D eigenvalue weighted by Gasteiger charge is 2.19. The van der Waals surface area contributed by atoms with Gasteiger partial charge in [0.25, 0.3) is 0 Å². The van der Waals surface area contributed by atoms with Crippen LogP contribution in [-0.4, -0.2) is 23.2 Å². The van der Waals surface area contributed by atoms with Crippen LogP contribution < -0.4 is 0 Å². The largest absolute Gasteiger partial charge is 0.461 e. The maximum Gasteiger partial charge on any atom is 0.199 e. The Morgan fingerprint density at radius 1 is 1.30 bits per heavy atom. The van der Waals surface area contributed by atoms with Crippen LogP contribution in [-0.2, 0) is 0 Å². The molecule has 0 bridgehead atoms. The van der Waals surface area contributed by atoms with Gasteiger partial charge in [-0.05, 0) is 24.6 Å². The van der Waals surface area contributed by atoms with Gasteiger partial charge < -0.3 is 9.52 Å². The van der Waals surface area contributed by atoms with Crippen molar-refractivity contribution in [3.8, 4) is 0 Å². The summed E-state index contributed by atoms with van der Waals surface area (Å²) in [6, 6.07) is 11.6. The van der Waals surface area contributed by atoms with Crippen LogP contribution in [0.5, 0.6) is 0 Å². The molecular formula is C16H18O3S. The Hall–Kier alpha value is -1.52. The van der Waals surface area contributed by atoms with Crippen molar-refractivity contribution in [1.82, 2.24) is 0 Å². The average molecular weight is 290 g/mol. The molecule has 106 valence electrons. The molecule has 20 heavy (non-hydrogen) atoms. The molecule has 2 rings (SSSR count). The number of rotatable bonds is 7. The Morgan fingerprint density at radius 2 is 2.05 bits per heavy atom. The lowest BCUT2D eigenvalue weighted by Crippen LogP contribution is -2.06. The van der Waals surface area contributed by atoms with Crippen molar-refractivity contribution in [3.05, 3.63) is 59.5 Å². The summed E-state index contributed by atoms with van der Waals surface area (Å²) in [7, 11) is 0. The second-order valence-electron chi connectivity index (χ2n) is 4.60. The standard InChI is InChI=1S/C16H18O3S/c1-12-4-6-13(7-5-12)16(20-10-8-17)11-14(18)15-3-2-9-19-15/h2-7,9,16-17H,8,10-11H2,1H3/t16-/m1/s1. The first kappa shape index (κ1) is 14.9. The lowest BCUT2D eigenvalue weighted by Gasteiger charge is -2.15. The van der Waals surface area contributed by atoms with Gasteiger partial charge in [-0.15, -0.1) is 0 Å². The molecule has 1 heterocycles. The van der Waals surface area contributed by atoms with E-state index in [9.17, 15) is 4.79 Å². The fourth-order valence-electron chi connectivity index (χ4n) is 1.96. The number of Topliss-reactive ketones (excluding diaryl/α,β-unsaturated/α-hetero) is 1. The molecule has 0 aliphatic heterocycles. The Kier molecular flexibility index (Phi) is 5.44. The molecule has 0 aliphatic rings. The van der Waals surface area contributed by atoms with Crippen LogP contribution in [0.4, 0.5) is 0 Å². The molecule has 3 nitrogen and oxygen atoms in total. The van der Waals surface area contributed by atoms with Crippen LogP contribution in [0.3, 0.4) is 0 Å². The number of carbonyl (C=O) groups is 1. The van der Waals surface area contributed by atoms with E-state index in [0.717, 1.165) is 5.56 Å². The van der Waals surface area contributed by atoms with E-state index in [2.05, 4.69) is 0 Å². The van der Waals surface area contributed by atoms with Crippen molar-refractivity contribution >= 4 is 17.5 Å². The summed E-state index contributed by atoms with van der Waals surface area (Å²) < 4.78 is 5.15. The Balaban J connectivity index is 2.11. The van der Waals surface area contributed by atoms with Gasteiger partial charge in [0.05, 0.1) is 12.9 Å². The Labute approximate surface area is 123 Å². The monoisotopic (exact) mass is 290 g/mol. The highest BCUT2D eigenvalue weighted by Crippen LogP contribution is 2.33. The number of hydrogen-bond donors (Lipinski definition) is 1. The van der Waals surface area contributed by atoms with E-state index in [1.165, 1.54) is 11.8 Å². The molecule has 1 atom stereocenters. The molecule has 4 heteroatoms. The number of hydrogen-bond acceptors (Lipinski definition) is 4. The minimum absolute atomic E-state index is 0.00832. The molecule has 0 radical (unpaired) electrons. The molecule has 0 amide bonds. The van der Waals surface area contributed by atoms with Crippen molar-refractivity contribution in [1.29, 1.82) is 0 Å². The number of benzene rings is 1. The van der Waals surface area contributed by atoms with E-state index >= 15 is 0 Å². The predicted octanol–water partition coefficient (Wildman–Crippen LogP) is 3.63. The minimum Gasteiger partial charge on any atom is -0.461 e. The molecule has 0 fully saturated rings. The van der Waals surface area contributed by atoms with Gasteiger partial charge in [-0.2, -0.15) is 11.8 Å². The summed E-state index contributed by atoms with van der Waals surface area (Å²) in [6.45, 7) is 2.15. The van der Waals surface area contributed by atoms with Crippen LogP contribution in [0.25, 0.3) is 0 Å². The van der Waals surface area contributed by atoms with Crippen molar-refractivity contribution in [2.45, 2.75) is 18.6 Å². The van der Waals surface area contributed by atoms with Gasteiger partial charge in [0.15, 0.2) is 11.5 Å². The van der Waals surface area contributed by atoms with E-state index in [1.54, 1.807) is 23.9 Å². The molecule has 0 saturated carbocycles. The molecule has 0 aliphatic carbocycles. The van der Waals surface area contributed by atoms with Crippen LogP contribution >= 0.6 is 11.8 Å². The first-order valence-corrected chi connectivity index (χ1v) is 7.61. The number of thioether (sulfide) groups is 1. The molecular weight excluding hydrogens is 272 g/mol. The topological polar surface area (TPSA) is 50.4 Å². The highest BCUT2D eigenvalue weighted by atomic mass is 32.2. The van der Waals surface area contributed by atoms with Crippen molar-refractivity contribution in [2.24, 2.45) is 0 Å². The zero-order valence-electron chi connectivity index (χ0n) is 11.4. The van der Waals surface area contributed by atoms with E-state index in [-0.39, 0.29) is 17.6 Å². The van der Waals surface area contributed by atoms with Crippen molar-refractivity contribution in [2.75, 3.05) is 12.4 Å². The molecule has 0 saturated heterocycles. The van der Waals surface area contributed by atoms with Crippen molar-refractivity contribution < 1.29 is 14.3 Å². The lowest BCUT2D eigenvalue weighted by molar-refractivity contribution is 0.0955. The van der Waals surface area contributed by atoms with Gasteiger partial charge >= 0.3 is 0 Å². The van der Waals surface area contributed by atoms with Crippen LogP contribution in [0, 0.1) is 6.92 Å². The number of aliphatic hydroxyl groups excluding tert-OH is 1. The third-order valence-electron chi connectivity index (χ3n) is 3.03. The third kappa shape index (κ3) is 3.99. The average Bonchev–Trinajstić information content (AvgIpc) is 2.98. The highest BCUT2D eigenvalue weighted by molar-refractivity contribution is 7.99. The van der Waals surface area contributed by atoms with Gasteiger partial charge in [0.2, 0.25) is 0 Å². The summed E-state index contributed by atoms with van der Waals surface area (Å²) in [6.07, 6.45) is 1.89. The van der Waals surface area contributed by atoms with E-state index < -0.39 is 0 Å². The third-order valence-corrected chi connectivity index (χ3v) is 4.29. The summed E-state index contributed by atoms with van der Waals surface area (Å²) in [5.74, 6) is 1.00. The molecule has 2 aromatic rings. The van der Waals surface area contributed by atoms with Gasteiger partial charge in [-0.1, -0.05) is 29.8 Å². The zero-order chi connectivity index (χ0) is 14.4. The number of ketones is 1.